The van der Waals surface area contributed by atoms with E-state index < -0.39 is 0 Å². The Morgan fingerprint density at radius 1 is 1.42 bits per heavy atom. The van der Waals surface area contributed by atoms with Gasteiger partial charge < -0.3 is 15.4 Å². The molecule has 0 radical (unpaired) electrons. The van der Waals surface area contributed by atoms with E-state index in [0.717, 1.165) is 6.54 Å². The highest BCUT2D eigenvalue weighted by molar-refractivity contribution is 5.10. The number of nitrogens with zero attached hydrogens (tertiary/aromatic N) is 1. The summed E-state index contributed by atoms with van der Waals surface area (Å²) in [7, 11) is 2.18. The topological polar surface area (TPSA) is 46.3 Å². The zero-order chi connectivity index (χ0) is 9.61. The van der Waals surface area contributed by atoms with Crippen LogP contribution in [0.1, 0.15) is 19.8 Å². The van der Waals surface area contributed by atoms with Gasteiger partial charge in [0.05, 0.1) is 0 Å². The Morgan fingerprint density at radius 2 is 1.83 bits per heavy atom. The first-order valence-corrected chi connectivity index (χ1v) is 4.34. The minimum absolute atomic E-state index is 0.437. The van der Waals surface area contributed by atoms with E-state index >= 15 is 0 Å². The van der Waals surface area contributed by atoms with Gasteiger partial charge in [0.1, 0.15) is 6.79 Å². The zero-order valence-electron chi connectivity index (χ0n) is 8.18. The van der Waals surface area contributed by atoms with Gasteiger partial charge in [0, 0.05) is 0 Å². The van der Waals surface area contributed by atoms with Gasteiger partial charge in [-0.2, -0.15) is 0 Å². The van der Waals surface area contributed by atoms with Crippen LogP contribution in [-0.2, 0) is 4.79 Å². The lowest BCUT2D eigenvalue weighted by Crippen LogP contribution is -2.40. The third-order valence-electron chi connectivity index (χ3n) is 2.69. The summed E-state index contributed by atoms with van der Waals surface area (Å²) < 4.78 is 0. The quantitative estimate of drug-likeness (QED) is 0.626. The van der Waals surface area contributed by atoms with E-state index in [0.29, 0.717) is 5.41 Å². The minimum atomic E-state index is 0.437. The second-order valence-electron chi connectivity index (χ2n) is 3.82. The van der Waals surface area contributed by atoms with Crippen molar-refractivity contribution >= 4 is 6.79 Å². The van der Waals surface area contributed by atoms with Gasteiger partial charge in [-0.1, -0.05) is 6.92 Å². The Morgan fingerprint density at radius 3 is 2.17 bits per heavy atom. The molecule has 1 aliphatic heterocycles. The first-order valence-electron chi connectivity index (χ1n) is 4.34. The fourth-order valence-corrected chi connectivity index (χ4v) is 1.36. The monoisotopic (exact) mass is 172 g/mol. The molecule has 0 bridgehead atoms. The highest BCUT2D eigenvalue weighted by atomic mass is 16.1. The third kappa shape index (κ3) is 3.32. The maximum atomic E-state index is 8.00. The normalized spacial score (nSPS) is 22.6. The molecule has 1 rings (SSSR count). The Bertz CT molecular complexity index is 120. The lowest BCUT2D eigenvalue weighted by atomic mass is 9.81. The van der Waals surface area contributed by atoms with E-state index in [1.54, 1.807) is 0 Å². The van der Waals surface area contributed by atoms with E-state index in [9.17, 15) is 0 Å². The summed E-state index contributed by atoms with van der Waals surface area (Å²) in [5.74, 6) is 0. The highest BCUT2D eigenvalue weighted by Gasteiger charge is 2.26. The first-order chi connectivity index (χ1) is 5.66. The largest absolute Gasteiger partial charge is 0.330 e. The standard InChI is InChI=1S/C8H18N2.CH2O/c1-8(7-9)3-5-10(2)6-4-8;1-2/h3-7,9H2,1-2H3;1H2. The lowest BCUT2D eigenvalue weighted by Gasteiger charge is -2.36. The fourth-order valence-electron chi connectivity index (χ4n) is 1.36. The van der Waals surface area contributed by atoms with Crippen LogP contribution in [0.25, 0.3) is 0 Å². The van der Waals surface area contributed by atoms with E-state index in [1.807, 2.05) is 6.79 Å². The van der Waals surface area contributed by atoms with Gasteiger partial charge in [0.25, 0.3) is 0 Å². The molecule has 0 atom stereocenters. The van der Waals surface area contributed by atoms with Crippen LogP contribution < -0.4 is 5.73 Å². The molecule has 3 nitrogen and oxygen atoms in total. The van der Waals surface area contributed by atoms with Gasteiger partial charge in [-0.15, -0.1) is 0 Å². The Hall–Kier alpha value is -0.410. The Labute approximate surface area is 74.9 Å². The highest BCUT2D eigenvalue weighted by Crippen LogP contribution is 2.28. The second-order valence-corrected chi connectivity index (χ2v) is 3.82. The zero-order valence-corrected chi connectivity index (χ0v) is 8.18. The second kappa shape index (κ2) is 5.27. The van der Waals surface area contributed by atoms with E-state index in [2.05, 4.69) is 18.9 Å². The Balaban J connectivity index is 0.000000561. The van der Waals surface area contributed by atoms with Crippen molar-refractivity contribution < 1.29 is 4.79 Å². The third-order valence-corrected chi connectivity index (χ3v) is 2.69. The van der Waals surface area contributed by atoms with Gasteiger partial charge in [-0.25, -0.2) is 0 Å². The maximum Gasteiger partial charge on any atom is 0.106 e. The van der Waals surface area contributed by atoms with E-state index in [-0.39, 0.29) is 0 Å². The number of likely N-dealkylation sites (tertiary alicyclic amines) is 1. The lowest BCUT2D eigenvalue weighted by molar-refractivity contribution is -0.0979. The van der Waals surface area contributed by atoms with Gasteiger partial charge in [0.15, 0.2) is 0 Å². The number of nitrogens with two attached hydrogens (primary N) is 1. The molecule has 1 aliphatic rings. The summed E-state index contributed by atoms with van der Waals surface area (Å²) >= 11 is 0. The van der Waals surface area contributed by atoms with Gasteiger partial charge >= 0.3 is 0 Å². The molecule has 0 unspecified atom stereocenters. The van der Waals surface area contributed by atoms with Crippen molar-refractivity contribution in [2.75, 3.05) is 26.7 Å². The van der Waals surface area contributed by atoms with Crippen molar-refractivity contribution in [2.45, 2.75) is 19.8 Å². The van der Waals surface area contributed by atoms with Crippen molar-refractivity contribution in [1.29, 1.82) is 0 Å². The molecule has 2 N–H and O–H groups in total. The first kappa shape index (κ1) is 11.6. The molecule has 1 saturated heterocycles. The van der Waals surface area contributed by atoms with Crippen molar-refractivity contribution in [3.8, 4) is 0 Å². The molecule has 1 heterocycles. The summed E-state index contributed by atoms with van der Waals surface area (Å²) in [6, 6.07) is 0. The van der Waals surface area contributed by atoms with Crippen LogP contribution in [0.4, 0.5) is 0 Å². The Kier molecular flexibility index (Phi) is 5.09. The molecule has 0 saturated carbocycles. The number of carbonyl (C=O) groups excluding carboxylic acids is 1. The SMILES string of the molecule is C=O.CN1CCC(C)(CN)CC1. The van der Waals surface area contributed by atoms with Crippen molar-refractivity contribution in [1.82, 2.24) is 4.90 Å². The van der Waals surface area contributed by atoms with Crippen molar-refractivity contribution in [3.63, 3.8) is 0 Å². The summed E-state index contributed by atoms with van der Waals surface area (Å²) in [6.07, 6.45) is 2.53. The number of piperidine rings is 1. The van der Waals surface area contributed by atoms with E-state index in [1.165, 1.54) is 25.9 Å². The molecule has 72 valence electrons. The molecule has 0 amide bonds. The average Bonchev–Trinajstić information content (AvgIpc) is 2.14. The molecule has 0 aromatic heterocycles. The van der Waals surface area contributed by atoms with Crippen LogP contribution in [0.5, 0.6) is 0 Å². The van der Waals surface area contributed by atoms with Crippen molar-refractivity contribution in [3.05, 3.63) is 0 Å². The smallest absolute Gasteiger partial charge is 0.106 e. The molecule has 3 heteroatoms. The van der Waals surface area contributed by atoms with Crippen molar-refractivity contribution in [2.24, 2.45) is 11.1 Å². The molecule has 0 aromatic rings. The molecule has 0 aromatic carbocycles. The molecule has 1 fully saturated rings. The van der Waals surface area contributed by atoms with Crippen LogP contribution in [0.2, 0.25) is 0 Å². The summed E-state index contributed by atoms with van der Waals surface area (Å²) in [5.41, 5.74) is 6.10. The van der Waals surface area contributed by atoms with Crippen LogP contribution in [0.15, 0.2) is 0 Å². The maximum absolute atomic E-state index is 8.00. The van der Waals surface area contributed by atoms with Crippen LogP contribution in [-0.4, -0.2) is 38.4 Å². The summed E-state index contributed by atoms with van der Waals surface area (Å²) in [6.45, 7) is 7.57. The summed E-state index contributed by atoms with van der Waals surface area (Å²) in [5, 5.41) is 0. The molecular weight excluding hydrogens is 152 g/mol. The number of hydrogen-bond acceptors (Lipinski definition) is 3. The van der Waals surface area contributed by atoms with Crippen LogP contribution in [0.3, 0.4) is 0 Å². The number of carbonyl (C=O) groups is 1. The number of hydrogen-bond donors (Lipinski definition) is 1. The van der Waals surface area contributed by atoms with Crippen LogP contribution >= 0.6 is 0 Å². The molecule has 0 spiro atoms. The number of rotatable bonds is 1. The fraction of sp³-hybridized carbons (Fsp3) is 0.889. The van der Waals surface area contributed by atoms with Gasteiger partial charge in [0.2, 0.25) is 0 Å². The molecule has 0 aliphatic carbocycles. The van der Waals surface area contributed by atoms with E-state index in [4.69, 9.17) is 10.5 Å². The average molecular weight is 172 g/mol. The predicted octanol–water partition coefficient (Wildman–Crippen LogP) is 0.492. The van der Waals surface area contributed by atoms with Gasteiger partial charge in [-0.05, 0) is 44.9 Å². The minimum Gasteiger partial charge on any atom is -0.330 e. The molecular formula is C9H20N2O. The summed E-state index contributed by atoms with van der Waals surface area (Å²) in [4.78, 5) is 10.4. The van der Waals surface area contributed by atoms with Gasteiger partial charge in [-0.3, -0.25) is 0 Å². The van der Waals surface area contributed by atoms with Crippen LogP contribution in [0, 0.1) is 5.41 Å². The molecule has 12 heavy (non-hydrogen) atoms. The predicted molar refractivity (Wildman–Crippen MR) is 51.0 cm³/mol.